The number of rotatable bonds is 8. The van der Waals surface area contributed by atoms with Crippen LogP contribution in [0.2, 0.25) is 0 Å². The van der Waals surface area contributed by atoms with Gasteiger partial charge >= 0.3 is 0 Å². The van der Waals surface area contributed by atoms with E-state index in [0.717, 1.165) is 6.42 Å². The molecule has 0 saturated heterocycles. The van der Waals surface area contributed by atoms with Crippen LogP contribution in [0, 0.1) is 0 Å². The second kappa shape index (κ2) is 8.64. The average Bonchev–Trinajstić information content (AvgIpc) is 2.25. The number of nitrogens with zero attached hydrogens (tertiary/aromatic N) is 1. The van der Waals surface area contributed by atoms with Gasteiger partial charge in [0.15, 0.2) is 0 Å². The smallest absolute Gasteiger partial charge is 0.225 e. The molecule has 90 valence electrons. The van der Waals surface area contributed by atoms with Crippen molar-refractivity contribution in [2.75, 3.05) is 33.4 Å². The Labute approximate surface area is 91.2 Å². The highest BCUT2D eigenvalue weighted by molar-refractivity contribution is 5.76. The Bertz CT molecular complexity index is 166. The molecule has 3 N–H and O–H groups in total. The molecule has 0 aromatic rings. The monoisotopic (exact) mass is 218 g/mol. The van der Waals surface area contributed by atoms with Crippen molar-refractivity contribution in [2.24, 2.45) is 5.73 Å². The van der Waals surface area contributed by atoms with Gasteiger partial charge in [-0.1, -0.05) is 6.92 Å². The van der Waals surface area contributed by atoms with Crippen LogP contribution in [0.25, 0.3) is 0 Å². The maximum Gasteiger partial charge on any atom is 0.225 e. The van der Waals surface area contributed by atoms with Crippen molar-refractivity contribution in [2.45, 2.75) is 25.9 Å². The Morgan fingerprint density at radius 2 is 2.20 bits per heavy atom. The number of hydrogen-bond donors (Lipinski definition) is 2. The molecule has 0 aliphatic heterocycles. The van der Waals surface area contributed by atoms with Crippen molar-refractivity contribution in [3.63, 3.8) is 0 Å². The number of aliphatic hydroxyl groups is 1. The van der Waals surface area contributed by atoms with Gasteiger partial charge in [-0.05, 0) is 6.42 Å². The number of nitrogens with two attached hydrogens (primary N) is 1. The summed E-state index contributed by atoms with van der Waals surface area (Å²) in [6, 6.07) is 0. The second-order valence-electron chi connectivity index (χ2n) is 3.40. The van der Waals surface area contributed by atoms with Crippen LogP contribution in [0.1, 0.15) is 19.8 Å². The lowest BCUT2D eigenvalue weighted by Crippen LogP contribution is -2.38. The molecule has 1 unspecified atom stereocenters. The van der Waals surface area contributed by atoms with Crippen LogP contribution in [0.4, 0.5) is 0 Å². The SMILES string of the molecule is CCCN(CCO)C(=O)CC(CN)OC. The molecular formula is C10H22N2O3. The zero-order valence-electron chi connectivity index (χ0n) is 9.61. The summed E-state index contributed by atoms with van der Waals surface area (Å²) in [7, 11) is 1.54. The van der Waals surface area contributed by atoms with E-state index >= 15 is 0 Å². The highest BCUT2D eigenvalue weighted by Gasteiger charge is 2.16. The first kappa shape index (κ1) is 14.3. The first-order chi connectivity index (χ1) is 7.19. The van der Waals surface area contributed by atoms with Crippen LogP contribution >= 0.6 is 0 Å². The lowest BCUT2D eigenvalue weighted by molar-refractivity contribution is -0.134. The van der Waals surface area contributed by atoms with Gasteiger partial charge in [-0.3, -0.25) is 4.79 Å². The number of carbonyl (C=O) groups excluding carboxylic acids is 1. The summed E-state index contributed by atoms with van der Waals surface area (Å²) in [6.07, 6.45) is 0.939. The molecule has 5 heteroatoms. The summed E-state index contributed by atoms with van der Waals surface area (Å²) in [5, 5.41) is 8.81. The molecule has 15 heavy (non-hydrogen) atoms. The molecule has 0 aliphatic carbocycles. The van der Waals surface area contributed by atoms with E-state index in [0.29, 0.717) is 19.6 Å². The number of aliphatic hydroxyl groups excluding tert-OH is 1. The largest absolute Gasteiger partial charge is 0.395 e. The normalized spacial score (nSPS) is 12.5. The van der Waals surface area contributed by atoms with Crippen LogP contribution in [0.3, 0.4) is 0 Å². The zero-order chi connectivity index (χ0) is 11.7. The van der Waals surface area contributed by atoms with Crippen molar-refractivity contribution in [1.29, 1.82) is 0 Å². The zero-order valence-corrected chi connectivity index (χ0v) is 9.61. The van der Waals surface area contributed by atoms with E-state index in [4.69, 9.17) is 15.6 Å². The van der Waals surface area contributed by atoms with Gasteiger partial charge in [0.05, 0.1) is 19.1 Å². The Balaban J connectivity index is 4.10. The van der Waals surface area contributed by atoms with Crippen LogP contribution in [0.5, 0.6) is 0 Å². The number of hydrogen-bond acceptors (Lipinski definition) is 4. The Kier molecular flexibility index (Phi) is 8.27. The van der Waals surface area contributed by atoms with E-state index < -0.39 is 0 Å². The average molecular weight is 218 g/mol. The summed E-state index contributed by atoms with van der Waals surface area (Å²) in [5.74, 6) is -0.0109. The molecular weight excluding hydrogens is 196 g/mol. The lowest BCUT2D eigenvalue weighted by atomic mass is 10.2. The summed E-state index contributed by atoms with van der Waals surface area (Å²) in [4.78, 5) is 13.4. The van der Waals surface area contributed by atoms with Crippen LogP contribution < -0.4 is 5.73 Å². The first-order valence-corrected chi connectivity index (χ1v) is 5.31. The molecule has 1 atom stereocenters. The molecule has 5 nitrogen and oxygen atoms in total. The van der Waals surface area contributed by atoms with Gasteiger partial charge in [-0.15, -0.1) is 0 Å². The van der Waals surface area contributed by atoms with Crippen molar-refractivity contribution in [1.82, 2.24) is 4.90 Å². The summed E-state index contributed by atoms with van der Waals surface area (Å²) in [6.45, 7) is 3.37. The summed E-state index contributed by atoms with van der Waals surface area (Å²) < 4.78 is 5.04. The van der Waals surface area contributed by atoms with Crippen molar-refractivity contribution < 1.29 is 14.6 Å². The van der Waals surface area contributed by atoms with Crippen molar-refractivity contribution in [3.05, 3.63) is 0 Å². The van der Waals surface area contributed by atoms with Gasteiger partial charge in [-0.25, -0.2) is 0 Å². The van der Waals surface area contributed by atoms with Crippen molar-refractivity contribution >= 4 is 5.91 Å². The predicted molar refractivity (Wildman–Crippen MR) is 58.4 cm³/mol. The molecule has 0 radical (unpaired) electrons. The quantitative estimate of drug-likeness (QED) is 0.580. The van der Waals surface area contributed by atoms with Gasteiger partial charge in [-0.2, -0.15) is 0 Å². The van der Waals surface area contributed by atoms with Gasteiger partial charge in [0.25, 0.3) is 0 Å². The van der Waals surface area contributed by atoms with Crippen LogP contribution in [-0.2, 0) is 9.53 Å². The third-order valence-electron chi connectivity index (χ3n) is 2.21. The van der Waals surface area contributed by atoms with E-state index in [1.807, 2.05) is 6.92 Å². The highest BCUT2D eigenvalue weighted by Crippen LogP contribution is 2.02. The van der Waals surface area contributed by atoms with Crippen molar-refractivity contribution in [3.8, 4) is 0 Å². The molecule has 0 bridgehead atoms. The van der Waals surface area contributed by atoms with E-state index in [1.54, 1.807) is 12.0 Å². The fourth-order valence-corrected chi connectivity index (χ4v) is 1.34. The minimum absolute atomic E-state index is 0.00792. The predicted octanol–water partition coefficient (Wildman–Crippen LogP) is -0.419. The Hall–Kier alpha value is -0.650. The van der Waals surface area contributed by atoms with Gasteiger partial charge in [0, 0.05) is 26.7 Å². The van der Waals surface area contributed by atoms with E-state index in [1.165, 1.54) is 0 Å². The van der Waals surface area contributed by atoms with Gasteiger partial charge < -0.3 is 20.5 Å². The van der Waals surface area contributed by atoms with Gasteiger partial charge in [0.2, 0.25) is 5.91 Å². The molecule has 0 saturated carbocycles. The molecule has 0 aliphatic rings. The molecule has 0 spiro atoms. The van der Waals surface area contributed by atoms with Crippen LogP contribution in [-0.4, -0.2) is 55.4 Å². The second-order valence-corrected chi connectivity index (χ2v) is 3.40. The van der Waals surface area contributed by atoms with E-state index in [-0.39, 0.29) is 25.0 Å². The maximum absolute atomic E-state index is 11.7. The maximum atomic E-state index is 11.7. The Morgan fingerprint density at radius 3 is 2.60 bits per heavy atom. The van der Waals surface area contributed by atoms with E-state index in [9.17, 15) is 4.79 Å². The third kappa shape index (κ3) is 5.71. The Morgan fingerprint density at radius 1 is 1.53 bits per heavy atom. The standard InChI is InChI=1S/C10H22N2O3/c1-3-4-12(5-6-13)10(14)7-9(8-11)15-2/h9,13H,3-8,11H2,1-2H3. The van der Waals surface area contributed by atoms with Crippen LogP contribution in [0.15, 0.2) is 0 Å². The van der Waals surface area contributed by atoms with E-state index in [2.05, 4.69) is 0 Å². The third-order valence-corrected chi connectivity index (χ3v) is 2.21. The number of ether oxygens (including phenoxy) is 1. The molecule has 0 heterocycles. The first-order valence-electron chi connectivity index (χ1n) is 5.31. The summed E-state index contributed by atoms with van der Waals surface area (Å²) >= 11 is 0. The highest BCUT2D eigenvalue weighted by atomic mass is 16.5. The minimum Gasteiger partial charge on any atom is -0.395 e. The molecule has 0 aromatic heterocycles. The minimum atomic E-state index is -0.226. The molecule has 0 aromatic carbocycles. The summed E-state index contributed by atoms with van der Waals surface area (Å²) in [5.41, 5.74) is 5.43. The number of carbonyl (C=O) groups is 1. The fourth-order valence-electron chi connectivity index (χ4n) is 1.34. The van der Waals surface area contributed by atoms with Gasteiger partial charge in [0.1, 0.15) is 0 Å². The number of amides is 1. The topological polar surface area (TPSA) is 75.8 Å². The molecule has 1 amide bonds. The fraction of sp³-hybridized carbons (Fsp3) is 0.900. The molecule has 0 rings (SSSR count). The number of methoxy groups -OCH3 is 1. The molecule has 0 fully saturated rings. The lowest BCUT2D eigenvalue weighted by Gasteiger charge is -2.23.